The van der Waals surface area contributed by atoms with Crippen LogP contribution in [0.1, 0.15) is 32.1 Å². The van der Waals surface area contributed by atoms with E-state index in [1.807, 2.05) is 0 Å². The van der Waals surface area contributed by atoms with Crippen LogP contribution in [-0.4, -0.2) is 43.3 Å². The van der Waals surface area contributed by atoms with E-state index in [0.29, 0.717) is 6.10 Å². The summed E-state index contributed by atoms with van der Waals surface area (Å²) in [6.45, 7) is 3.04. The molecule has 1 aliphatic carbocycles. The summed E-state index contributed by atoms with van der Waals surface area (Å²) in [7, 11) is 2.16. The molecule has 0 amide bonds. The van der Waals surface area contributed by atoms with Gasteiger partial charge in [0.1, 0.15) is 0 Å². The van der Waals surface area contributed by atoms with Crippen LogP contribution in [-0.2, 0) is 4.74 Å². The Balaban J connectivity index is 1.69. The highest BCUT2D eigenvalue weighted by Crippen LogP contribution is 2.29. The fraction of sp³-hybridized carbons (Fsp3) is 1.00. The maximum Gasteiger partial charge on any atom is 0.0702 e. The average molecular weight is 198 g/mol. The highest BCUT2D eigenvalue weighted by molar-refractivity contribution is 4.95. The first-order chi connectivity index (χ1) is 6.68. The molecule has 1 saturated heterocycles. The minimum absolute atomic E-state index is 0.118. The molecule has 0 aromatic rings. The normalized spacial score (nSPS) is 30.6. The SMILES string of the molecule is CN(CC1CCCO1)CC1(N)CCC1. The van der Waals surface area contributed by atoms with Gasteiger partial charge in [0.2, 0.25) is 0 Å². The van der Waals surface area contributed by atoms with E-state index in [9.17, 15) is 0 Å². The largest absolute Gasteiger partial charge is 0.377 e. The monoisotopic (exact) mass is 198 g/mol. The van der Waals surface area contributed by atoms with Crippen LogP contribution in [0.15, 0.2) is 0 Å². The number of nitrogens with two attached hydrogens (primary N) is 1. The van der Waals surface area contributed by atoms with Crippen LogP contribution < -0.4 is 5.73 Å². The standard InChI is InChI=1S/C11H22N2O/c1-13(8-10-4-2-7-14-10)9-11(12)5-3-6-11/h10H,2-9,12H2,1H3. The molecule has 3 nitrogen and oxygen atoms in total. The number of hydrogen-bond acceptors (Lipinski definition) is 3. The maximum atomic E-state index is 6.20. The zero-order chi connectivity index (χ0) is 10.0. The Labute approximate surface area is 86.6 Å². The van der Waals surface area contributed by atoms with E-state index in [1.165, 1.54) is 32.1 Å². The number of ether oxygens (including phenoxy) is 1. The predicted molar refractivity (Wildman–Crippen MR) is 57.2 cm³/mol. The summed E-state index contributed by atoms with van der Waals surface area (Å²) in [5.74, 6) is 0. The van der Waals surface area contributed by atoms with E-state index in [1.54, 1.807) is 0 Å². The number of rotatable bonds is 4. The molecule has 0 aromatic heterocycles. The van der Waals surface area contributed by atoms with Gasteiger partial charge in [-0.25, -0.2) is 0 Å². The highest BCUT2D eigenvalue weighted by Gasteiger charge is 2.34. The molecule has 1 atom stereocenters. The van der Waals surface area contributed by atoms with Gasteiger partial charge in [0, 0.05) is 25.2 Å². The van der Waals surface area contributed by atoms with Crippen molar-refractivity contribution in [3.8, 4) is 0 Å². The van der Waals surface area contributed by atoms with Gasteiger partial charge in [-0.2, -0.15) is 0 Å². The smallest absolute Gasteiger partial charge is 0.0702 e. The van der Waals surface area contributed by atoms with E-state index in [0.717, 1.165) is 19.7 Å². The van der Waals surface area contributed by atoms with Crippen molar-refractivity contribution in [3.63, 3.8) is 0 Å². The van der Waals surface area contributed by atoms with Gasteiger partial charge in [-0.05, 0) is 39.2 Å². The maximum absolute atomic E-state index is 6.20. The van der Waals surface area contributed by atoms with Gasteiger partial charge in [0.25, 0.3) is 0 Å². The first-order valence-electron chi connectivity index (χ1n) is 5.77. The molecule has 2 N–H and O–H groups in total. The van der Waals surface area contributed by atoms with Gasteiger partial charge in [0.05, 0.1) is 6.10 Å². The third-order valence-corrected chi connectivity index (χ3v) is 3.47. The molecule has 0 aromatic carbocycles. The van der Waals surface area contributed by atoms with Gasteiger partial charge in [-0.3, -0.25) is 0 Å². The Morgan fingerprint density at radius 3 is 2.71 bits per heavy atom. The lowest BCUT2D eigenvalue weighted by atomic mass is 9.77. The molecule has 3 heteroatoms. The van der Waals surface area contributed by atoms with Crippen LogP contribution in [0.2, 0.25) is 0 Å². The zero-order valence-corrected chi connectivity index (χ0v) is 9.17. The molecule has 2 aliphatic rings. The summed E-state index contributed by atoms with van der Waals surface area (Å²) in [6.07, 6.45) is 6.62. The molecule has 1 saturated carbocycles. The third-order valence-electron chi connectivity index (χ3n) is 3.47. The average Bonchev–Trinajstić information content (AvgIpc) is 2.53. The fourth-order valence-electron chi connectivity index (χ4n) is 2.53. The summed E-state index contributed by atoms with van der Waals surface area (Å²) < 4.78 is 5.61. The molecule has 14 heavy (non-hydrogen) atoms. The second-order valence-corrected chi connectivity index (χ2v) is 5.05. The van der Waals surface area contributed by atoms with Gasteiger partial charge in [-0.15, -0.1) is 0 Å². The van der Waals surface area contributed by atoms with Crippen molar-refractivity contribution < 1.29 is 4.74 Å². The molecule has 0 radical (unpaired) electrons. The highest BCUT2D eigenvalue weighted by atomic mass is 16.5. The minimum Gasteiger partial charge on any atom is -0.377 e. The summed E-state index contributed by atoms with van der Waals surface area (Å²) in [6, 6.07) is 0. The first-order valence-corrected chi connectivity index (χ1v) is 5.77. The van der Waals surface area contributed by atoms with Crippen molar-refractivity contribution >= 4 is 0 Å². The second kappa shape index (κ2) is 4.17. The minimum atomic E-state index is 0.118. The van der Waals surface area contributed by atoms with Gasteiger partial charge >= 0.3 is 0 Å². The Hall–Kier alpha value is -0.120. The Morgan fingerprint density at radius 2 is 2.21 bits per heavy atom. The van der Waals surface area contributed by atoms with Crippen LogP contribution >= 0.6 is 0 Å². The van der Waals surface area contributed by atoms with Gasteiger partial charge in [-0.1, -0.05) is 0 Å². The molecule has 1 unspecified atom stereocenters. The van der Waals surface area contributed by atoms with Gasteiger partial charge in [0.15, 0.2) is 0 Å². The topological polar surface area (TPSA) is 38.5 Å². The summed E-state index contributed by atoms with van der Waals surface area (Å²) in [5, 5.41) is 0. The Bertz CT molecular complexity index is 186. The molecule has 82 valence electrons. The lowest BCUT2D eigenvalue weighted by Crippen LogP contribution is -2.55. The summed E-state index contributed by atoms with van der Waals surface area (Å²) in [4.78, 5) is 2.34. The van der Waals surface area contributed by atoms with E-state index >= 15 is 0 Å². The number of hydrogen-bond donors (Lipinski definition) is 1. The third kappa shape index (κ3) is 2.47. The van der Waals surface area contributed by atoms with Crippen molar-refractivity contribution in [2.45, 2.75) is 43.7 Å². The van der Waals surface area contributed by atoms with Crippen molar-refractivity contribution in [1.29, 1.82) is 0 Å². The van der Waals surface area contributed by atoms with Crippen molar-refractivity contribution in [2.75, 3.05) is 26.7 Å². The van der Waals surface area contributed by atoms with E-state index in [4.69, 9.17) is 10.5 Å². The van der Waals surface area contributed by atoms with Crippen molar-refractivity contribution in [1.82, 2.24) is 4.90 Å². The van der Waals surface area contributed by atoms with Crippen LogP contribution in [0.4, 0.5) is 0 Å². The van der Waals surface area contributed by atoms with E-state index in [2.05, 4.69) is 11.9 Å². The summed E-state index contributed by atoms with van der Waals surface area (Å²) in [5.41, 5.74) is 6.31. The van der Waals surface area contributed by atoms with Crippen LogP contribution in [0.3, 0.4) is 0 Å². The van der Waals surface area contributed by atoms with Crippen LogP contribution in [0, 0.1) is 0 Å². The predicted octanol–water partition coefficient (Wildman–Crippen LogP) is 0.979. The zero-order valence-electron chi connectivity index (χ0n) is 9.17. The van der Waals surface area contributed by atoms with E-state index in [-0.39, 0.29) is 5.54 Å². The van der Waals surface area contributed by atoms with Crippen LogP contribution in [0.5, 0.6) is 0 Å². The molecule has 2 rings (SSSR count). The molecule has 1 heterocycles. The molecule has 1 aliphatic heterocycles. The Morgan fingerprint density at radius 1 is 1.43 bits per heavy atom. The van der Waals surface area contributed by atoms with Crippen molar-refractivity contribution in [2.24, 2.45) is 5.73 Å². The Kier molecular flexibility index (Phi) is 3.10. The molecule has 0 spiro atoms. The van der Waals surface area contributed by atoms with E-state index < -0.39 is 0 Å². The first kappa shape index (κ1) is 10.4. The lowest BCUT2D eigenvalue weighted by molar-refractivity contribution is 0.0659. The number of likely N-dealkylation sites (N-methyl/N-ethyl adjacent to an activating group) is 1. The molecular formula is C11H22N2O. The second-order valence-electron chi connectivity index (χ2n) is 5.05. The number of nitrogens with zero attached hydrogens (tertiary/aromatic N) is 1. The molecular weight excluding hydrogens is 176 g/mol. The van der Waals surface area contributed by atoms with Gasteiger partial charge < -0.3 is 15.4 Å². The van der Waals surface area contributed by atoms with Crippen LogP contribution in [0.25, 0.3) is 0 Å². The quantitative estimate of drug-likeness (QED) is 0.732. The van der Waals surface area contributed by atoms with Crippen molar-refractivity contribution in [3.05, 3.63) is 0 Å². The summed E-state index contributed by atoms with van der Waals surface area (Å²) >= 11 is 0. The molecule has 0 bridgehead atoms. The lowest BCUT2D eigenvalue weighted by Gasteiger charge is -2.41. The fourth-order valence-corrected chi connectivity index (χ4v) is 2.53. The molecule has 2 fully saturated rings.